The van der Waals surface area contributed by atoms with E-state index in [1.54, 1.807) is 17.8 Å². The minimum atomic E-state index is -0.516. The Bertz CT molecular complexity index is 2020. The van der Waals surface area contributed by atoms with E-state index in [1.165, 1.54) is 40.5 Å². The number of thiazole rings is 1. The fraction of sp³-hybridized carbons (Fsp3) is 0.294. The van der Waals surface area contributed by atoms with Crippen LogP contribution in [0.5, 0.6) is 5.75 Å². The summed E-state index contributed by atoms with van der Waals surface area (Å²) >= 11 is 2.77. The first-order chi connectivity index (χ1) is 22.7. The van der Waals surface area contributed by atoms with Gasteiger partial charge < -0.3 is 15.0 Å². The number of nitro groups is 1. The number of carbonyl (C=O) groups is 3. The molecule has 47 heavy (non-hydrogen) atoms. The van der Waals surface area contributed by atoms with Gasteiger partial charge in [0.1, 0.15) is 5.75 Å². The second-order valence-corrected chi connectivity index (χ2v) is 14.7. The number of nitrogens with zero attached hydrogens (tertiary/aromatic N) is 2. The van der Waals surface area contributed by atoms with Crippen LogP contribution in [0.25, 0.3) is 0 Å². The van der Waals surface area contributed by atoms with Crippen LogP contribution in [0.4, 0.5) is 17.1 Å². The summed E-state index contributed by atoms with van der Waals surface area (Å²) in [6.07, 6.45) is 0.730. The summed E-state index contributed by atoms with van der Waals surface area (Å²) in [6, 6.07) is 20.6. The minimum absolute atomic E-state index is 0.00188. The average Bonchev–Trinajstić information content (AvgIpc) is 3.80. The topological polar surface area (TPSA) is 152 Å². The SMILES string of the molecule is Cc1ccccc1NC(=O)COc1cccc([C@H]2c3sc(=O)[nH]c3SC3C2[C@H]2C[C@@H]3C3C(=O)N(c4ccc([N+](=O)[O-])cc4)C(=O)C32)c1. The Morgan fingerprint density at radius 2 is 1.77 bits per heavy atom. The molecule has 8 rings (SSSR count). The van der Waals surface area contributed by atoms with Crippen LogP contribution in [-0.2, 0) is 14.4 Å². The lowest BCUT2D eigenvalue weighted by Gasteiger charge is -2.43. The van der Waals surface area contributed by atoms with Gasteiger partial charge in [0.15, 0.2) is 6.61 Å². The van der Waals surface area contributed by atoms with E-state index < -0.39 is 16.8 Å². The number of para-hydroxylation sites is 1. The molecule has 238 valence electrons. The molecule has 4 aromatic rings. The average molecular weight is 669 g/mol. The first-order valence-corrected chi connectivity index (χ1v) is 17.0. The van der Waals surface area contributed by atoms with Gasteiger partial charge in [-0.3, -0.25) is 34.2 Å². The number of nitro benzene ring substituents is 1. The highest BCUT2D eigenvalue weighted by atomic mass is 32.2. The summed E-state index contributed by atoms with van der Waals surface area (Å²) in [4.78, 5) is 68.8. The number of hydrogen-bond acceptors (Lipinski definition) is 9. The van der Waals surface area contributed by atoms with Gasteiger partial charge in [-0.2, -0.15) is 0 Å². The lowest BCUT2D eigenvalue weighted by atomic mass is 9.68. The van der Waals surface area contributed by atoms with Crippen LogP contribution < -0.4 is 19.8 Å². The van der Waals surface area contributed by atoms with E-state index in [9.17, 15) is 29.3 Å². The van der Waals surface area contributed by atoms with Crippen molar-refractivity contribution in [2.24, 2.45) is 29.6 Å². The molecule has 2 N–H and O–H groups in total. The Kier molecular flexibility index (Phi) is 7.06. The van der Waals surface area contributed by atoms with Crippen LogP contribution in [0.2, 0.25) is 0 Å². The molecule has 3 amide bonds. The number of hydrogen-bond donors (Lipinski definition) is 2. The van der Waals surface area contributed by atoms with Crippen molar-refractivity contribution in [3.05, 3.63) is 109 Å². The fourth-order valence-corrected chi connectivity index (χ4v) is 11.1. The highest BCUT2D eigenvalue weighted by Crippen LogP contribution is 2.68. The number of nitrogens with one attached hydrogen (secondary N) is 2. The number of H-pyrrole nitrogens is 1. The molecule has 1 saturated heterocycles. The second kappa shape index (κ2) is 11.2. The van der Waals surface area contributed by atoms with E-state index in [1.807, 2.05) is 49.4 Å². The van der Waals surface area contributed by atoms with Gasteiger partial charge in [0.05, 0.1) is 27.5 Å². The van der Waals surface area contributed by atoms with E-state index in [0.717, 1.165) is 33.1 Å². The lowest BCUT2D eigenvalue weighted by molar-refractivity contribution is -0.384. The predicted molar refractivity (Wildman–Crippen MR) is 176 cm³/mol. The number of imide groups is 1. The lowest BCUT2D eigenvalue weighted by Crippen LogP contribution is -2.42. The zero-order chi connectivity index (χ0) is 32.6. The summed E-state index contributed by atoms with van der Waals surface area (Å²) in [5, 5.41) is 14.8. The molecule has 2 bridgehead atoms. The van der Waals surface area contributed by atoms with Gasteiger partial charge >= 0.3 is 4.87 Å². The molecule has 2 aliphatic carbocycles. The molecule has 2 saturated carbocycles. The number of aryl methyl sites for hydroxylation is 1. The molecule has 3 heterocycles. The van der Waals surface area contributed by atoms with Crippen molar-refractivity contribution < 1.29 is 24.0 Å². The van der Waals surface area contributed by atoms with Crippen LogP contribution in [0.15, 0.2) is 82.6 Å². The van der Waals surface area contributed by atoms with Crippen molar-refractivity contribution in [2.75, 3.05) is 16.8 Å². The van der Waals surface area contributed by atoms with E-state index in [4.69, 9.17) is 4.74 Å². The molecule has 4 unspecified atom stereocenters. The van der Waals surface area contributed by atoms with Crippen molar-refractivity contribution in [1.82, 2.24) is 4.98 Å². The first-order valence-electron chi connectivity index (χ1n) is 15.3. The number of amides is 3. The molecule has 2 aliphatic heterocycles. The number of aromatic amines is 1. The van der Waals surface area contributed by atoms with Gasteiger partial charge in [0.25, 0.3) is 11.6 Å². The van der Waals surface area contributed by atoms with Crippen molar-refractivity contribution in [1.29, 1.82) is 0 Å². The maximum absolute atomic E-state index is 14.0. The monoisotopic (exact) mass is 668 g/mol. The fourth-order valence-electron chi connectivity index (χ4n) is 8.21. The third-order valence-corrected chi connectivity index (χ3v) is 12.6. The number of rotatable bonds is 7. The van der Waals surface area contributed by atoms with E-state index in [0.29, 0.717) is 11.4 Å². The minimum Gasteiger partial charge on any atom is -0.484 e. The molecular weight excluding hydrogens is 641 g/mol. The van der Waals surface area contributed by atoms with Crippen molar-refractivity contribution in [3.63, 3.8) is 0 Å². The van der Waals surface area contributed by atoms with Crippen LogP contribution in [0, 0.1) is 46.6 Å². The second-order valence-electron chi connectivity index (χ2n) is 12.5. The van der Waals surface area contributed by atoms with E-state index in [2.05, 4.69) is 10.3 Å². The highest BCUT2D eigenvalue weighted by molar-refractivity contribution is 8.00. The van der Waals surface area contributed by atoms with Gasteiger partial charge in [-0.25, -0.2) is 0 Å². The number of non-ortho nitro benzene ring substituents is 1. The number of benzene rings is 3. The van der Waals surface area contributed by atoms with Crippen LogP contribution in [-0.4, -0.2) is 39.5 Å². The van der Waals surface area contributed by atoms with Gasteiger partial charge in [-0.05, 0) is 72.6 Å². The number of thioether (sulfide) groups is 1. The van der Waals surface area contributed by atoms with Gasteiger partial charge in [-0.15, -0.1) is 11.8 Å². The standard InChI is InChI=1S/C34H28N4O7S2/c1-16-5-2-3-8-23(16)35-24(39)15-45-20-7-4-6-17(13-20)25-26-21-14-22(29(26)46-31-30(25)47-34(42)36-31)28-27(21)32(40)37(33(28)41)18-9-11-19(12-10-18)38(43)44/h2-13,21-22,25-29H,14-15H2,1H3,(H,35,39)(H,36,42)/t21-,22-,25-,26?,27?,28?,29?/m1/s1. The first kappa shape index (κ1) is 29.6. The Balaban J connectivity index is 1.08. The van der Waals surface area contributed by atoms with Crippen LogP contribution in [0.1, 0.15) is 28.3 Å². The number of aromatic nitrogens is 1. The number of ether oxygens (including phenoxy) is 1. The normalized spacial score (nSPS) is 26.9. The molecule has 0 radical (unpaired) electrons. The summed E-state index contributed by atoms with van der Waals surface area (Å²) in [5.74, 6) is -1.68. The van der Waals surface area contributed by atoms with E-state index in [-0.39, 0.29) is 63.8 Å². The number of fused-ring (bicyclic) bond motifs is 9. The van der Waals surface area contributed by atoms with Gasteiger partial charge in [0, 0.05) is 33.9 Å². The predicted octanol–water partition coefficient (Wildman–Crippen LogP) is 5.35. The van der Waals surface area contributed by atoms with E-state index >= 15 is 0 Å². The quantitative estimate of drug-likeness (QED) is 0.152. The summed E-state index contributed by atoms with van der Waals surface area (Å²) < 4.78 is 5.93. The summed E-state index contributed by atoms with van der Waals surface area (Å²) in [6.45, 7) is 1.73. The third kappa shape index (κ3) is 4.78. The zero-order valence-corrected chi connectivity index (χ0v) is 26.6. The molecular formula is C34H28N4O7S2. The van der Waals surface area contributed by atoms with Crippen molar-refractivity contribution in [3.8, 4) is 5.75 Å². The molecule has 3 fully saturated rings. The van der Waals surface area contributed by atoms with Crippen LogP contribution >= 0.6 is 23.1 Å². The summed E-state index contributed by atoms with van der Waals surface area (Å²) in [5.41, 5.74) is 2.81. The Labute approximate surface area is 276 Å². The molecule has 1 aromatic heterocycles. The Morgan fingerprint density at radius 3 is 2.51 bits per heavy atom. The molecule has 4 aliphatic rings. The van der Waals surface area contributed by atoms with Crippen molar-refractivity contribution >= 4 is 57.9 Å². The molecule has 11 nitrogen and oxygen atoms in total. The molecule has 13 heteroatoms. The maximum Gasteiger partial charge on any atom is 0.305 e. The largest absolute Gasteiger partial charge is 0.484 e. The third-order valence-electron chi connectivity index (χ3n) is 10.0. The van der Waals surface area contributed by atoms with Gasteiger partial charge in [-0.1, -0.05) is 41.7 Å². The Morgan fingerprint density at radius 1 is 1.02 bits per heavy atom. The molecule has 7 atom stereocenters. The zero-order valence-electron chi connectivity index (χ0n) is 25.0. The molecule has 3 aromatic carbocycles. The van der Waals surface area contributed by atoms with Gasteiger partial charge in [0.2, 0.25) is 11.8 Å². The summed E-state index contributed by atoms with van der Waals surface area (Å²) in [7, 11) is 0. The number of anilines is 2. The Hall–Kier alpha value is -4.75. The number of carbonyl (C=O) groups excluding carboxylic acids is 3. The maximum atomic E-state index is 14.0. The molecule has 0 spiro atoms. The van der Waals surface area contributed by atoms with Crippen LogP contribution in [0.3, 0.4) is 0 Å². The highest BCUT2D eigenvalue weighted by Gasteiger charge is 2.69. The van der Waals surface area contributed by atoms with Crippen molar-refractivity contribution in [2.45, 2.75) is 29.5 Å². The smallest absolute Gasteiger partial charge is 0.305 e.